The molecule has 0 saturated carbocycles. The van der Waals surface area contributed by atoms with Crippen LogP contribution in [0.3, 0.4) is 0 Å². The van der Waals surface area contributed by atoms with Gasteiger partial charge in [0, 0.05) is 26.2 Å². The lowest BCUT2D eigenvalue weighted by atomic mass is 10.1. The van der Waals surface area contributed by atoms with Gasteiger partial charge >= 0.3 is 0 Å². The lowest BCUT2D eigenvalue weighted by Gasteiger charge is -2.33. The van der Waals surface area contributed by atoms with Gasteiger partial charge in [-0.05, 0) is 17.7 Å². The quantitative estimate of drug-likeness (QED) is 0.862. The minimum absolute atomic E-state index is 0.122. The maximum absolute atomic E-state index is 13.2. The number of benzene rings is 1. The standard InChI is InChI=1S/C13H19FN2O/c1-17-12-4-2-11(3-5-12)13(10-14)16-8-6-15-7-9-16/h2-5,13,15H,6-10H2,1H3/t13-/m0/s1. The number of piperazine rings is 1. The van der Waals surface area contributed by atoms with Crippen molar-refractivity contribution in [3.8, 4) is 5.75 Å². The number of halogens is 1. The van der Waals surface area contributed by atoms with Crippen LogP contribution in [0.1, 0.15) is 11.6 Å². The zero-order valence-corrected chi connectivity index (χ0v) is 10.2. The van der Waals surface area contributed by atoms with Gasteiger partial charge in [0.15, 0.2) is 0 Å². The highest BCUT2D eigenvalue weighted by molar-refractivity contribution is 5.29. The molecule has 1 aliphatic heterocycles. The zero-order chi connectivity index (χ0) is 12.1. The van der Waals surface area contributed by atoms with E-state index in [1.54, 1.807) is 7.11 Å². The van der Waals surface area contributed by atoms with Gasteiger partial charge in [-0.1, -0.05) is 12.1 Å². The van der Waals surface area contributed by atoms with Gasteiger partial charge in [-0.25, -0.2) is 4.39 Å². The first kappa shape index (κ1) is 12.3. The molecule has 0 unspecified atom stereocenters. The van der Waals surface area contributed by atoms with Crippen molar-refractivity contribution in [2.75, 3.05) is 40.0 Å². The molecular weight excluding hydrogens is 219 g/mol. The number of ether oxygens (including phenoxy) is 1. The minimum Gasteiger partial charge on any atom is -0.497 e. The summed E-state index contributed by atoms with van der Waals surface area (Å²) in [5.41, 5.74) is 1.02. The summed E-state index contributed by atoms with van der Waals surface area (Å²) in [7, 11) is 1.64. The highest BCUT2D eigenvalue weighted by Crippen LogP contribution is 2.23. The van der Waals surface area contributed by atoms with Crippen LogP contribution in [-0.4, -0.2) is 44.9 Å². The Morgan fingerprint density at radius 1 is 1.29 bits per heavy atom. The average Bonchev–Trinajstić information content (AvgIpc) is 2.42. The molecule has 0 radical (unpaired) electrons. The molecule has 0 amide bonds. The number of methoxy groups -OCH3 is 1. The van der Waals surface area contributed by atoms with Gasteiger partial charge < -0.3 is 10.1 Å². The van der Waals surface area contributed by atoms with Crippen molar-refractivity contribution in [1.82, 2.24) is 10.2 Å². The summed E-state index contributed by atoms with van der Waals surface area (Å²) < 4.78 is 18.3. The molecule has 1 fully saturated rings. The molecule has 1 saturated heterocycles. The number of hydrogen-bond donors (Lipinski definition) is 1. The van der Waals surface area contributed by atoms with Crippen LogP contribution >= 0.6 is 0 Å². The Labute approximate surface area is 102 Å². The fourth-order valence-corrected chi connectivity index (χ4v) is 2.22. The van der Waals surface area contributed by atoms with Gasteiger partial charge in [0.1, 0.15) is 12.4 Å². The van der Waals surface area contributed by atoms with Gasteiger partial charge in [0.25, 0.3) is 0 Å². The Hall–Kier alpha value is -1.13. The van der Waals surface area contributed by atoms with E-state index in [2.05, 4.69) is 10.2 Å². The molecule has 1 aliphatic rings. The summed E-state index contributed by atoms with van der Waals surface area (Å²) in [4.78, 5) is 2.19. The second-order valence-corrected chi connectivity index (χ2v) is 4.23. The maximum atomic E-state index is 13.2. The van der Waals surface area contributed by atoms with E-state index in [0.717, 1.165) is 37.5 Å². The first-order valence-corrected chi connectivity index (χ1v) is 6.00. The molecule has 1 aromatic rings. The van der Waals surface area contributed by atoms with Crippen LogP contribution in [0, 0.1) is 0 Å². The van der Waals surface area contributed by atoms with Crippen molar-refractivity contribution in [3.63, 3.8) is 0 Å². The molecule has 0 spiro atoms. The summed E-state index contributed by atoms with van der Waals surface area (Å²) in [6, 6.07) is 7.55. The number of nitrogens with zero attached hydrogens (tertiary/aromatic N) is 1. The van der Waals surface area contributed by atoms with Gasteiger partial charge in [0.05, 0.1) is 13.2 Å². The highest BCUT2D eigenvalue weighted by atomic mass is 19.1. The molecular formula is C13H19FN2O. The molecule has 94 valence electrons. The van der Waals surface area contributed by atoms with Crippen molar-refractivity contribution in [2.45, 2.75) is 6.04 Å². The summed E-state index contributed by atoms with van der Waals surface area (Å²) >= 11 is 0. The number of alkyl halides is 1. The summed E-state index contributed by atoms with van der Waals surface area (Å²) in [6.45, 7) is 3.34. The molecule has 1 heterocycles. The van der Waals surface area contributed by atoms with Crippen molar-refractivity contribution >= 4 is 0 Å². The predicted molar refractivity (Wildman–Crippen MR) is 66.2 cm³/mol. The van der Waals surface area contributed by atoms with E-state index >= 15 is 0 Å². The van der Waals surface area contributed by atoms with E-state index in [-0.39, 0.29) is 12.7 Å². The lowest BCUT2D eigenvalue weighted by molar-refractivity contribution is 0.147. The third-order valence-electron chi connectivity index (χ3n) is 3.24. The molecule has 17 heavy (non-hydrogen) atoms. The monoisotopic (exact) mass is 238 g/mol. The summed E-state index contributed by atoms with van der Waals surface area (Å²) in [6.07, 6.45) is 0. The minimum atomic E-state index is -0.341. The molecule has 4 heteroatoms. The van der Waals surface area contributed by atoms with E-state index in [0.29, 0.717) is 0 Å². The molecule has 0 aromatic heterocycles. The van der Waals surface area contributed by atoms with E-state index in [4.69, 9.17) is 4.74 Å². The third-order valence-corrected chi connectivity index (χ3v) is 3.24. The smallest absolute Gasteiger partial charge is 0.118 e. The van der Waals surface area contributed by atoms with Crippen LogP contribution in [0.15, 0.2) is 24.3 Å². The second-order valence-electron chi connectivity index (χ2n) is 4.23. The number of nitrogens with one attached hydrogen (secondary N) is 1. The normalized spacial score (nSPS) is 18.9. The van der Waals surface area contributed by atoms with Crippen molar-refractivity contribution in [3.05, 3.63) is 29.8 Å². The predicted octanol–water partition coefficient (Wildman–Crippen LogP) is 1.61. The van der Waals surface area contributed by atoms with Gasteiger partial charge in [0.2, 0.25) is 0 Å². The van der Waals surface area contributed by atoms with Crippen LogP contribution in [0.2, 0.25) is 0 Å². The first-order chi connectivity index (χ1) is 8.35. The van der Waals surface area contributed by atoms with E-state index < -0.39 is 0 Å². The van der Waals surface area contributed by atoms with Crippen molar-refractivity contribution in [2.24, 2.45) is 0 Å². The molecule has 1 N–H and O–H groups in total. The largest absolute Gasteiger partial charge is 0.497 e. The van der Waals surface area contributed by atoms with Crippen molar-refractivity contribution < 1.29 is 9.13 Å². The van der Waals surface area contributed by atoms with Gasteiger partial charge in [-0.3, -0.25) is 4.90 Å². The fourth-order valence-electron chi connectivity index (χ4n) is 2.22. The molecule has 1 atom stereocenters. The topological polar surface area (TPSA) is 24.5 Å². The van der Waals surface area contributed by atoms with E-state index in [9.17, 15) is 4.39 Å². The Morgan fingerprint density at radius 3 is 2.47 bits per heavy atom. The first-order valence-electron chi connectivity index (χ1n) is 6.00. The zero-order valence-electron chi connectivity index (χ0n) is 10.2. The maximum Gasteiger partial charge on any atom is 0.118 e. The lowest BCUT2D eigenvalue weighted by Crippen LogP contribution is -2.45. The average molecular weight is 238 g/mol. The third kappa shape index (κ3) is 2.96. The fraction of sp³-hybridized carbons (Fsp3) is 0.538. The van der Waals surface area contributed by atoms with Crippen LogP contribution < -0.4 is 10.1 Å². The highest BCUT2D eigenvalue weighted by Gasteiger charge is 2.21. The Morgan fingerprint density at radius 2 is 1.94 bits per heavy atom. The number of hydrogen-bond acceptors (Lipinski definition) is 3. The summed E-state index contributed by atoms with van der Waals surface area (Å²) in [5.74, 6) is 0.812. The number of rotatable bonds is 4. The van der Waals surface area contributed by atoms with Gasteiger partial charge in [-0.15, -0.1) is 0 Å². The Bertz CT molecular complexity index is 336. The van der Waals surface area contributed by atoms with E-state index in [1.165, 1.54) is 0 Å². The van der Waals surface area contributed by atoms with Crippen LogP contribution in [0.4, 0.5) is 4.39 Å². The van der Waals surface area contributed by atoms with Crippen molar-refractivity contribution in [1.29, 1.82) is 0 Å². The SMILES string of the molecule is COc1ccc([C@H](CF)N2CCNCC2)cc1. The van der Waals surface area contributed by atoms with E-state index in [1.807, 2.05) is 24.3 Å². The van der Waals surface area contributed by atoms with Crippen LogP contribution in [0.25, 0.3) is 0 Å². The molecule has 0 bridgehead atoms. The molecule has 1 aromatic carbocycles. The molecule has 0 aliphatic carbocycles. The Kier molecular flexibility index (Phi) is 4.34. The molecule has 2 rings (SSSR count). The Balaban J connectivity index is 2.10. The van der Waals surface area contributed by atoms with Crippen LogP contribution in [-0.2, 0) is 0 Å². The van der Waals surface area contributed by atoms with Crippen LogP contribution in [0.5, 0.6) is 5.75 Å². The summed E-state index contributed by atoms with van der Waals surface area (Å²) in [5, 5.41) is 3.28. The second kappa shape index (κ2) is 5.98. The van der Waals surface area contributed by atoms with Gasteiger partial charge in [-0.2, -0.15) is 0 Å². The molecule has 3 nitrogen and oxygen atoms in total.